The van der Waals surface area contributed by atoms with Gasteiger partial charge in [0, 0.05) is 31.4 Å². The van der Waals surface area contributed by atoms with Crippen molar-refractivity contribution in [3.05, 3.63) is 29.2 Å². The average Bonchev–Trinajstić information content (AvgIpc) is 3.32. The minimum absolute atomic E-state index is 0.0696. The Kier molecular flexibility index (Phi) is 4.39. The van der Waals surface area contributed by atoms with Gasteiger partial charge in [-0.15, -0.1) is 0 Å². The summed E-state index contributed by atoms with van der Waals surface area (Å²) in [6, 6.07) is -0.640. The third-order valence-electron chi connectivity index (χ3n) is 5.72. The van der Waals surface area contributed by atoms with Crippen LogP contribution in [0.1, 0.15) is 60.0 Å². The van der Waals surface area contributed by atoms with Crippen LogP contribution in [-0.4, -0.2) is 49.1 Å². The van der Waals surface area contributed by atoms with E-state index in [4.69, 9.17) is 0 Å². The number of aryl methyl sites for hydroxylation is 1. The molecule has 0 unspecified atom stereocenters. The summed E-state index contributed by atoms with van der Waals surface area (Å²) in [5.74, 6) is 0.195. The van der Waals surface area contributed by atoms with Crippen LogP contribution in [0.15, 0.2) is 12.3 Å². The maximum Gasteiger partial charge on any atom is 0.410 e. The Morgan fingerprint density at radius 1 is 1.36 bits per heavy atom. The molecule has 2 aliphatic heterocycles. The summed E-state index contributed by atoms with van der Waals surface area (Å²) < 4.78 is 43.1. The van der Waals surface area contributed by atoms with Crippen LogP contribution in [0, 0.1) is 6.92 Å². The molecule has 152 valence electrons. The monoisotopic (exact) mass is 396 g/mol. The number of hydrogen-bond acceptors (Lipinski definition) is 4. The molecular formula is C18H23F3N6O. The van der Waals surface area contributed by atoms with E-state index in [1.807, 2.05) is 6.92 Å². The minimum Gasteiger partial charge on any atom is -0.368 e. The number of aromatic nitrogens is 4. The molecule has 0 radical (unpaired) electrons. The fourth-order valence-electron chi connectivity index (χ4n) is 4.12. The second kappa shape index (κ2) is 6.52. The zero-order chi connectivity index (χ0) is 20.2. The van der Waals surface area contributed by atoms with Gasteiger partial charge < -0.3 is 10.2 Å². The number of rotatable bonds is 2. The predicted molar refractivity (Wildman–Crippen MR) is 96.0 cm³/mol. The Balaban J connectivity index is 1.66. The summed E-state index contributed by atoms with van der Waals surface area (Å²) in [5, 5.41) is 11.5. The fraction of sp³-hybridized carbons (Fsp3) is 0.611. The molecule has 0 aliphatic carbocycles. The molecule has 4 heterocycles. The van der Waals surface area contributed by atoms with E-state index in [-0.39, 0.29) is 24.4 Å². The van der Waals surface area contributed by atoms with Crippen molar-refractivity contribution >= 4 is 11.7 Å². The molecule has 10 heteroatoms. The molecule has 7 nitrogen and oxygen atoms in total. The van der Waals surface area contributed by atoms with Crippen LogP contribution in [0.4, 0.5) is 19.0 Å². The molecule has 0 saturated carbocycles. The van der Waals surface area contributed by atoms with Gasteiger partial charge in [0.1, 0.15) is 5.82 Å². The van der Waals surface area contributed by atoms with Gasteiger partial charge in [-0.3, -0.25) is 9.48 Å². The van der Waals surface area contributed by atoms with Crippen molar-refractivity contribution in [3.63, 3.8) is 0 Å². The number of nitrogens with one attached hydrogen (secondary N) is 1. The van der Waals surface area contributed by atoms with Gasteiger partial charge in [0.05, 0.1) is 23.5 Å². The second-order valence-corrected chi connectivity index (χ2v) is 7.66. The highest BCUT2D eigenvalue weighted by molar-refractivity contribution is 5.95. The summed E-state index contributed by atoms with van der Waals surface area (Å²) in [4.78, 5) is 14.7. The number of halogens is 3. The number of hydrogen-bond donors (Lipinski definition) is 1. The molecule has 4 rings (SSSR count). The zero-order valence-electron chi connectivity index (χ0n) is 16.0. The SMILES string of the molecule is Cc1c(C(=O)N2CCC[C@H]2c2cc3n(n2)[C@@H](C(F)(F)F)C[C@@H](C)N3)cnn1C. The van der Waals surface area contributed by atoms with Gasteiger partial charge in [0.15, 0.2) is 6.04 Å². The predicted octanol–water partition coefficient (Wildman–Crippen LogP) is 3.21. The highest BCUT2D eigenvalue weighted by Gasteiger charge is 2.46. The van der Waals surface area contributed by atoms with Crippen LogP contribution in [-0.2, 0) is 7.05 Å². The van der Waals surface area contributed by atoms with Crippen LogP contribution < -0.4 is 5.32 Å². The summed E-state index contributed by atoms with van der Waals surface area (Å²) in [5.41, 5.74) is 1.77. The van der Waals surface area contributed by atoms with Crippen molar-refractivity contribution in [2.24, 2.45) is 7.05 Å². The molecule has 0 bridgehead atoms. The zero-order valence-corrected chi connectivity index (χ0v) is 16.0. The molecule has 1 fully saturated rings. The van der Waals surface area contributed by atoms with Gasteiger partial charge in [-0.05, 0) is 33.1 Å². The first kappa shape index (κ1) is 18.8. The Morgan fingerprint density at radius 2 is 2.11 bits per heavy atom. The largest absolute Gasteiger partial charge is 0.410 e. The number of fused-ring (bicyclic) bond motifs is 1. The van der Waals surface area contributed by atoms with Crippen LogP contribution >= 0.6 is 0 Å². The quantitative estimate of drug-likeness (QED) is 0.847. The van der Waals surface area contributed by atoms with Crippen molar-refractivity contribution in [2.45, 2.75) is 57.4 Å². The topological polar surface area (TPSA) is 68.0 Å². The van der Waals surface area contributed by atoms with E-state index < -0.39 is 12.2 Å². The molecule has 1 amide bonds. The first-order valence-electron chi connectivity index (χ1n) is 9.39. The molecule has 0 aromatic carbocycles. The third kappa shape index (κ3) is 3.04. The smallest absolute Gasteiger partial charge is 0.368 e. The van der Waals surface area contributed by atoms with Gasteiger partial charge in [0.25, 0.3) is 5.91 Å². The lowest BCUT2D eigenvalue weighted by Crippen LogP contribution is -2.38. The van der Waals surface area contributed by atoms with E-state index in [1.165, 1.54) is 6.20 Å². The Morgan fingerprint density at radius 3 is 2.75 bits per heavy atom. The van der Waals surface area contributed by atoms with Gasteiger partial charge >= 0.3 is 6.18 Å². The van der Waals surface area contributed by atoms with Crippen molar-refractivity contribution in [1.82, 2.24) is 24.5 Å². The number of anilines is 1. The summed E-state index contributed by atoms with van der Waals surface area (Å²) in [6.07, 6.45) is -1.45. The van der Waals surface area contributed by atoms with Crippen molar-refractivity contribution in [2.75, 3.05) is 11.9 Å². The van der Waals surface area contributed by atoms with Crippen LogP contribution in [0.3, 0.4) is 0 Å². The summed E-state index contributed by atoms with van der Waals surface area (Å²) in [6.45, 7) is 4.10. The Hall–Kier alpha value is -2.52. The van der Waals surface area contributed by atoms with Crippen LogP contribution in [0.2, 0.25) is 0 Å². The standard InChI is InChI=1S/C18H23F3N6O/c1-10-7-15(18(19,20)21)27-16(23-10)8-13(24-27)14-5-4-6-26(14)17(28)12-9-22-25(3)11(12)2/h8-10,14-15,23H,4-7H2,1-3H3/t10-,14+,15-/m1/s1. The normalized spacial score (nSPS) is 24.9. The van der Waals surface area contributed by atoms with E-state index in [9.17, 15) is 18.0 Å². The van der Waals surface area contributed by atoms with Crippen LogP contribution in [0.25, 0.3) is 0 Å². The molecule has 3 atom stereocenters. The maximum atomic E-state index is 13.5. The van der Waals surface area contributed by atoms with E-state index in [0.717, 1.165) is 16.8 Å². The lowest BCUT2D eigenvalue weighted by molar-refractivity contribution is -0.173. The minimum atomic E-state index is -4.37. The molecule has 2 aliphatic rings. The van der Waals surface area contributed by atoms with Gasteiger partial charge in [-0.1, -0.05) is 0 Å². The van der Waals surface area contributed by atoms with E-state index >= 15 is 0 Å². The highest BCUT2D eigenvalue weighted by Crippen LogP contribution is 2.41. The number of carbonyl (C=O) groups is 1. The summed E-state index contributed by atoms with van der Waals surface area (Å²) >= 11 is 0. The molecule has 0 spiro atoms. The number of amides is 1. The fourth-order valence-corrected chi connectivity index (χ4v) is 4.12. The first-order valence-corrected chi connectivity index (χ1v) is 9.39. The van der Waals surface area contributed by atoms with Crippen molar-refractivity contribution in [3.8, 4) is 0 Å². The molecule has 28 heavy (non-hydrogen) atoms. The Labute approximate surface area is 160 Å². The lowest BCUT2D eigenvalue weighted by Gasteiger charge is -2.31. The number of carbonyl (C=O) groups excluding carboxylic acids is 1. The second-order valence-electron chi connectivity index (χ2n) is 7.66. The van der Waals surface area contributed by atoms with Crippen LogP contribution in [0.5, 0.6) is 0 Å². The van der Waals surface area contributed by atoms with Crippen molar-refractivity contribution in [1.29, 1.82) is 0 Å². The van der Waals surface area contributed by atoms with Gasteiger partial charge in [0.2, 0.25) is 0 Å². The third-order valence-corrected chi connectivity index (χ3v) is 5.72. The van der Waals surface area contributed by atoms with Gasteiger partial charge in [-0.25, -0.2) is 4.68 Å². The summed E-state index contributed by atoms with van der Waals surface area (Å²) in [7, 11) is 1.77. The number of alkyl halides is 3. The molecule has 2 aromatic heterocycles. The lowest BCUT2D eigenvalue weighted by atomic mass is 10.1. The number of nitrogens with zero attached hydrogens (tertiary/aromatic N) is 5. The molecule has 1 N–H and O–H groups in total. The highest BCUT2D eigenvalue weighted by atomic mass is 19.4. The van der Waals surface area contributed by atoms with E-state index in [0.29, 0.717) is 30.0 Å². The average molecular weight is 396 g/mol. The van der Waals surface area contributed by atoms with E-state index in [1.54, 1.807) is 29.6 Å². The maximum absolute atomic E-state index is 13.5. The molecule has 1 saturated heterocycles. The Bertz CT molecular complexity index is 902. The molecular weight excluding hydrogens is 373 g/mol. The molecule has 2 aromatic rings. The van der Waals surface area contributed by atoms with Crippen molar-refractivity contribution < 1.29 is 18.0 Å². The van der Waals surface area contributed by atoms with Gasteiger partial charge in [-0.2, -0.15) is 23.4 Å². The van der Waals surface area contributed by atoms with E-state index in [2.05, 4.69) is 15.5 Å². The number of likely N-dealkylation sites (tertiary alicyclic amines) is 1. The first-order chi connectivity index (χ1) is 13.2.